The van der Waals surface area contributed by atoms with Gasteiger partial charge in [0, 0.05) is 17.8 Å². The van der Waals surface area contributed by atoms with E-state index in [0.717, 1.165) is 36.3 Å². The number of nitrogens with one attached hydrogen (secondary N) is 1. The Balaban J connectivity index is 2.10. The highest BCUT2D eigenvalue weighted by Gasteiger charge is 2.31. The SMILES string of the molecule is Cc1n[nH]c(C)c1CC(=O)N1CCC[C@H](C)[C@@H]1CO. The van der Waals surface area contributed by atoms with Gasteiger partial charge in [0.15, 0.2) is 0 Å². The Morgan fingerprint density at radius 3 is 2.84 bits per heavy atom. The van der Waals surface area contributed by atoms with Gasteiger partial charge in [0.1, 0.15) is 0 Å². The lowest BCUT2D eigenvalue weighted by molar-refractivity contribution is -0.136. The van der Waals surface area contributed by atoms with Gasteiger partial charge in [0.25, 0.3) is 0 Å². The van der Waals surface area contributed by atoms with Crippen molar-refractivity contribution in [2.45, 2.75) is 46.1 Å². The predicted molar refractivity (Wildman–Crippen MR) is 72.8 cm³/mol. The van der Waals surface area contributed by atoms with Gasteiger partial charge < -0.3 is 10.0 Å². The third kappa shape index (κ3) is 2.81. The summed E-state index contributed by atoms with van der Waals surface area (Å²) < 4.78 is 0. The number of aliphatic hydroxyl groups is 1. The molecule has 0 radical (unpaired) electrons. The Morgan fingerprint density at radius 1 is 1.53 bits per heavy atom. The van der Waals surface area contributed by atoms with E-state index >= 15 is 0 Å². The predicted octanol–water partition coefficient (Wildman–Crippen LogP) is 1.19. The molecule has 1 saturated heterocycles. The van der Waals surface area contributed by atoms with E-state index in [1.165, 1.54) is 0 Å². The molecular weight excluding hydrogens is 242 g/mol. The van der Waals surface area contributed by atoms with Crippen LogP contribution in [0.2, 0.25) is 0 Å². The fourth-order valence-electron chi connectivity index (χ4n) is 2.92. The molecule has 1 amide bonds. The van der Waals surface area contributed by atoms with E-state index < -0.39 is 0 Å². The van der Waals surface area contributed by atoms with Crippen molar-refractivity contribution < 1.29 is 9.90 Å². The van der Waals surface area contributed by atoms with Crippen LogP contribution in [0.3, 0.4) is 0 Å². The van der Waals surface area contributed by atoms with Crippen LogP contribution in [0.15, 0.2) is 0 Å². The number of hydrogen-bond donors (Lipinski definition) is 2. The first kappa shape index (κ1) is 14.1. The monoisotopic (exact) mass is 265 g/mol. The van der Waals surface area contributed by atoms with Crippen LogP contribution in [0.4, 0.5) is 0 Å². The van der Waals surface area contributed by atoms with E-state index in [1.807, 2.05) is 18.7 Å². The molecule has 1 fully saturated rings. The van der Waals surface area contributed by atoms with Gasteiger partial charge in [-0.25, -0.2) is 0 Å². The maximum absolute atomic E-state index is 12.5. The molecular formula is C14H23N3O2. The first-order valence-electron chi connectivity index (χ1n) is 6.95. The molecule has 2 atom stereocenters. The molecule has 1 aromatic heterocycles. The highest BCUT2D eigenvalue weighted by atomic mass is 16.3. The Hall–Kier alpha value is -1.36. The molecule has 2 N–H and O–H groups in total. The zero-order valence-corrected chi connectivity index (χ0v) is 11.9. The summed E-state index contributed by atoms with van der Waals surface area (Å²) in [6.07, 6.45) is 2.48. The van der Waals surface area contributed by atoms with Crippen molar-refractivity contribution in [2.75, 3.05) is 13.2 Å². The number of aromatic nitrogens is 2. The minimum atomic E-state index is -0.0336. The second kappa shape index (κ2) is 5.74. The zero-order chi connectivity index (χ0) is 14.0. The first-order chi connectivity index (χ1) is 9.04. The minimum absolute atomic E-state index is 0.0336. The molecule has 0 bridgehead atoms. The van der Waals surface area contributed by atoms with Crippen LogP contribution in [0.1, 0.15) is 36.7 Å². The lowest BCUT2D eigenvalue weighted by atomic mass is 9.90. The average molecular weight is 265 g/mol. The van der Waals surface area contributed by atoms with Gasteiger partial charge in [-0.1, -0.05) is 6.92 Å². The number of nitrogens with zero attached hydrogens (tertiary/aromatic N) is 2. The van der Waals surface area contributed by atoms with E-state index in [9.17, 15) is 9.90 Å². The number of aromatic amines is 1. The van der Waals surface area contributed by atoms with Crippen molar-refractivity contribution in [2.24, 2.45) is 5.92 Å². The standard InChI is InChI=1S/C14H23N3O2/c1-9-5-4-6-17(13(9)8-18)14(19)7-12-10(2)15-16-11(12)3/h9,13,18H,4-8H2,1-3H3,(H,15,16)/t9-,13-/m0/s1. The van der Waals surface area contributed by atoms with Gasteiger partial charge in [0.2, 0.25) is 5.91 Å². The molecule has 0 aliphatic carbocycles. The highest BCUT2D eigenvalue weighted by molar-refractivity contribution is 5.79. The summed E-state index contributed by atoms with van der Waals surface area (Å²) in [5.74, 6) is 0.465. The van der Waals surface area contributed by atoms with Crippen LogP contribution in [0.25, 0.3) is 0 Å². The Morgan fingerprint density at radius 2 is 2.26 bits per heavy atom. The number of rotatable bonds is 3. The summed E-state index contributed by atoms with van der Waals surface area (Å²) >= 11 is 0. The lowest BCUT2D eigenvalue weighted by Gasteiger charge is -2.39. The molecule has 0 saturated carbocycles. The van der Waals surface area contributed by atoms with E-state index in [0.29, 0.717) is 12.3 Å². The Kier molecular flexibility index (Phi) is 4.24. The Bertz CT molecular complexity index is 436. The second-order valence-electron chi connectivity index (χ2n) is 5.55. The quantitative estimate of drug-likeness (QED) is 0.862. The third-order valence-corrected chi connectivity index (χ3v) is 4.23. The van der Waals surface area contributed by atoms with Crippen molar-refractivity contribution in [1.82, 2.24) is 15.1 Å². The summed E-state index contributed by atoms with van der Waals surface area (Å²) in [4.78, 5) is 14.3. The molecule has 5 nitrogen and oxygen atoms in total. The van der Waals surface area contributed by atoms with Gasteiger partial charge >= 0.3 is 0 Å². The van der Waals surface area contributed by atoms with Crippen molar-refractivity contribution in [3.8, 4) is 0 Å². The van der Waals surface area contributed by atoms with Crippen molar-refractivity contribution in [3.63, 3.8) is 0 Å². The minimum Gasteiger partial charge on any atom is -0.394 e. The average Bonchev–Trinajstić information content (AvgIpc) is 2.70. The maximum Gasteiger partial charge on any atom is 0.227 e. The van der Waals surface area contributed by atoms with E-state index in [1.54, 1.807) is 0 Å². The lowest BCUT2D eigenvalue weighted by Crippen LogP contribution is -2.50. The summed E-state index contributed by atoms with van der Waals surface area (Å²) in [5, 5.41) is 16.5. The molecule has 2 heterocycles. The van der Waals surface area contributed by atoms with Crippen molar-refractivity contribution in [3.05, 3.63) is 17.0 Å². The topological polar surface area (TPSA) is 69.2 Å². The van der Waals surface area contributed by atoms with Gasteiger partial charge in [-0.15, -0.1) is 0 Å². The molecule has 0 unspecified atom stereocenters. The fourth-order valence-corrected chi connectivity index (χ4v) is 2.92. The molecule has 2 rings (SSSR count). The summed E-state index contributed by atoms with van der Waals surface area (Å²) in [6, 6.07) is -0.0336. The van der Waals surface area contributed by atoms with Crippen LogP contribution in [-0.2, 0) is 11.2 Å². The third-order valence-electron chi connectivity index (χ3n) is 4.23. The number of carbonyl (C=O) groups excluding carboxylic acids is 1. The number of H-pyrrole nitrogens is 1. The van der Waals surface area contributed by atoms with Gasteiger partial charge in [-0.2, -0.15) is 5.10 Å². The number of carbonyl (C=O) groups is 1. The van der Waals surface area contributed by atoms with Gasteiger partial charge in [-0.3, -0.25) is 9.89 Å². The van der Waals surface area contributed by atoms with Gasteiger partial charge in [-0.05, 0) is 32.6 Å². The molecule has 19 heavy (non-hydrogen) atoms. The highest BCUT2D eigenvalue weighted by Crippen LogP contribution is 2.24. The number of amides is 1. The van der Waals surface area contributed by atoms with Crippen LogP contribution < -0.4 is 0 Å². The number of piperidine rings is 1. The number of aryl methyl sites for hydroxylation is 2. The molecule has 1 aliphatic heterocycles. The summed E-state index contributed by atoms with van der Waals surface area (Å²) in [5.41, 5.74) is 2.83. The second-order valence-corrected chi connectivity index (χ2v) is 5.55. The van der Waals surface area contributed by atoms with Gasteiger partial charge in [0.05, 0.1) is 24.8 Å². The molecule has 1 aliphatic rings. The fraction of sp³-hybridized carbons (Fsp3) is 0.714. The summed E-state index contributed by atoms with van der Waals surface area (Å²) in [7, 11) is 0. The first-order valence-corrected chi connectivity index (χ1v) is 6.95. The van der Waals surface area contributed by atoms with Crippen molar-refractivity contribution in [1.29, 1.82) is 0 Å². The smallest absolute Gasteiger partial charge is 0.227 e. The normalized spacial score (nSPS) is 23.7. The van der Waals surface area contributed by atoms with Crippen LogP contribution in [0, 0.1) is 19.8 Å². The zero-order valence-electron chi connectivity index (χ0n) is 11.9. The molecule has 0 aromatic carbocycles. The Labute approximate surface area is 114 Å². The van der Waals surface area contributed by atoms with Crippen LogP contribution in [-0.4, -0.2) is 45.3 Å². The molecule has 5 heteroatoms. The molecule has 0 spiro atoms. The molecule has 106 valence electrons. The number of hydrogen-bond acceptors (Lipinski definition) is 3. The number of aliphatic hydroxyl groups excluding tert-OH is 1. The number of likely N-dealkylation sites (tertiary alicyclic amines) is 1. The van der Waals surface area contributed by atoms with Crippen molar-refractivity contribution >= 4 is 5.91 Å². The molecule has 1 aromatic rings. The van der Waals surface area contributed by atoms with Crippen LogP contribution in [0.5, 0.6) is 0 Å². The van der Waals surface area contributed by atoms with E-state index in [4.69, 9.17) is 0 Å². The largest absolute Gasteiger partial charge is 0.394 e. The van der Waals surface area contributed by atoms with E-state index in [-0.39, 0.29) is 18.6 Å². The van der Waals surface area contributed by atoms with Crippen LogP contribution >= 0.6 is 0 Å². The maximum atomic E-state index is 12.5. The summed E-state index contributed by atoms with van der Waals surface area (Å²) in [6.45, 7) is 6.76. The van der Waals surface area contributed by atoms with E-state index in [2.05, 4.69) is 17.1 Å².